The summed E-state index contributed by atoms with van der Waals surface area (Å²) >= 11 is 0. The number of aliphatic hydroxyl groups is 1. The van der Waals surface area contributed by atoms with Gasteiger partial charge in [0.1, 0.15) is 12.2 Å². The van der Waals surface area contributed by atoms with Crippen LogP contribution < -0.4 is 5.32 Å². The summed E-state index contributed by atoms with van der Waals surface area (Å²) < 4.78 is 0. The summed E-state index contributed by atoms with van der Waals surface area (Å²) in [6, 6.07) is 0.0274. The van der Waals surface area contributed by atoms with Crippen LogP contribution in [0.3, 0.4) is 0 Å². The van der Waals surface area contributed by atoms with E-state index < -0.39 is 0 Å². The molecule has 0 aromatic carbocycles. The third kappa shape index (κ3) is 3.41. The number of hydrogen-bond donors (Lipinski definition) is 3. The van der Waals surface area contributed by atoms with Gasteiger partial charge in [0.15, 0.2) is 0 Å². The van der Waals surface area contributed by atoms with Gasteiger partial charge in [-0.2, -0.15) is 5.10 Å². The highest BCUT2D eigenvalue weighted by Gasteiger charge is 2.37. The number of H-pyrrole nitrogens is 1. The first-order valence-electron chi connectivity index (χ1n) is 9.27. The lowest BCUT2D eigenvalue weighted by atomic mass is 9.92. The van der Waals surface area contributed by atoms with Gasteiger partial charge in [0.05, 0.1) is 6.10 Å². The maximum Gasteiger partial charge on any atom is 0.317 e. The molecule has 0 bridgehead atoms. The van der Waals surface area contributed by atoms with Crippen molar-refractivity contribution in [2.45, 2.75) is 50.5 Å². The van der Waals surface area contributed by atoms with Crippen LogP contribution in [0.1, 0.15) is 50.3 Å². The molecule has 3 fully saturated rings. The topological polar surface area (TPSA) is 94.1 Å². The number of nitrogens with one attached hydrogen (secondary N) is 2. The van der Waals surface area contributed by atoms with Crippen molar-refractivity contribution in [2.75, 3.05) is 19.6 Å². The molecule has 7 heteroatoms. The molecule has 3 atom stereocenters. The van der Waals surface area contributed by atoms with Crippen LogP contribution in [0.2, 0.25) is 0 Å². The van der Waals surface area contributed by atoms with Gasteiger partial charge in [-0.3, -0.25) is 5.10 Å². The van der Waals surface area contributed by atoms with Crippen molar-refractivity contribution in [3.05, 3.63) is 12.2 Å². The molecule has 2 heterocycles. The Morgan fingerprint density at radius 2 is 2.00 bits per heavy atom. The van der Waals surface area contributed by atoms with E-state index in [0.717, 1.165) is 50.0 Å². The highest BCUT2D eigenvalue weighted by Crippen LogP contribution is 2.41. The number of aromatic nitrogens is 3. The van der Waals surface area contributed by atoms with E-state index in [9.17, 15) is 9.90 Å². The van der Waals surface area contributed by atoms with Gasteiger partial charge in [-0.15, -0.1) is 0 Å². The highest BCUT2D eigenvalue weighted by molar-refractivity contribution is 5.74. The van der Waals surface area contributed by atoms with Crippen molar-refractivity contribution in [3.63, 3.8) is 0 Å². The Morgan fingerprint density at radius 1 is 1.25 bits per heavy atom. The minimum Gasteiger partial charge on any atom is -0.393 e. The first-order valence-corrected chi connectivity index (χ1v) is 9.27. The second-order valence-electron chi connectivity index (χ2n) is 7.71. The van der Waals surface area contributed by atoms with Crippen molar-refractivity contribution in [1.29, 1.82) is 0 Å². The molecule has 3 N–H and O–H groups in total. The van der Waals surface area contributed by atoms with Crippen molar-refractivity contribution < 1.29 is 9.90 Å². The zero-order chi connectivity index (χ0) is 16.5. The lowest BCUT2D eigenvalue weighted by Crippen LogP contribution is -2.46. The molecule has 1 aliphatic heterocycles. The largest absolute Gasteiger partial charge is 0.393 e. The standard InChI is InChI=1S/C17H27N5O2/c23-15-8-13(16-19-10-20-21-16)7-14(15)9-18-17(24)22-5-3-12(4-6-22)11-1-2-11/h10-15,23H,1-9H2,(H,18,24)(H,19,20,21)/t13-,14+,15+/m0/s1. The molecule has 0 spiro atoms. The minimum atomic E-state index is -0.388. The first kappa shape index (κ1) is 15.9. The highest BCUT2D eigenvalue weighted by atomic mass is 16.3. The molecule has 4 rings (SSSR count). The van der Waals surface area contributed by atoms with E-state index in [4.69, 9.17) is 0 Å². The fourth-order valence-corrected chi connectivity index (χ4v) is 4.43. The number of piperidine rings is 1. The number of carbonyl (C=O) groups is 1. The van der Waals surface area contributed by atoms with Gasteiger partial charge in [0.25, 0.3) is 0 Å². The Labute approximate surface area is 142 Å². The number of urea groups is 1. The number of nitrogens with zero attached hydrogens (tertiary/aromatic N) is 3. The normalized spacial score (nSPS) is 31.4. The van der Waals surface area contributed by atoms with Crippen LogP contribution in [0.15, 0.2) is 6.33 Å². The second kappa shape index (κ2) is 6.70. The zero-order valence-corrected chi connectivity index (χ0v) is 14.0. The number of aromatic amines is 1. The summed E-state index contributed by atoms with van der Waals surface area (Å²) in [5.74, 6) is 2.92. The Kier molecular flexibility index (Phi) is 4.43. The van der Waals surface area contributed by atoms with Gasteiger partial charge in [0.2, 0.25) is 0 Å². The van der Waals surface area contributed by atoms with Crippen LogP contribution in [-0.2, 0) is 0 Å². The number of hydrogen-bond acceptors (Lipinski definition) is 4. The fourth-order valence-electron chi connectivity index (χ4n) is 4.43. The van der Waals surface area contributed by atoms with E-state index in [1.165, 1.54) is 19.2 Å². The van der Waals surface area contributed by atoms with Gasteiger partial charge in [-0.1, -0.05) is 0 Å². The third-order valence-corrected chi connectivity index (χ3v) is 6.11. The van der Waals surface area contributed by atoms with Crippen LogP contribution in [0.25, 0.3) is 0 Å². The molecular weight excluding hydrogens is 306 g/mol. The van der Waals surface area contributed by atoms with Gasteiger partial charge in [-0.25, -0.2) is 9.78 Å². The Balaban J connectivity index is 1.22. The average Bonchev–Trinajstić information content (AvgIpc) is 3.17. The summed E-state index contributed by atoms with van der Waals surface area (Å²) in [7, 11) is 0. The van der Waals surface area contributed by atoms with Crippen molar-refractivity contribution in [1.82, 2.24) is 25.4 Å². The number of rotatable bonds is 4. The SMILES string of the molecule is O=C(NC[C@H]1C[C@H](c2ncn[nH]2)C[C@H]1O)N1CCC(C2CC2)CC1. The molecule has 3 aliphatic rings. The van der Waals surface area contributed by atoms with Gasteiger partial charge >= 0.3 is 6.03 Å². The summed E-state index contributed by atoms with van der Waals surface area (Å²) in [4.78, 5) is 18.5. The van der Waals surface area contributed by atoms with Crippen molar-refractivity contribution >= 4 is 6.03 Å². The number of aliphatic hydroxyl groups excluding tert-OH is 1. The summed E-state index contributed by atoms with van der Waals surface area (Å²) in [5.41, 5.74) is 0. The summed E-state index contributed by atoms with van der Waals surface area (Å²) in [6.45, 7) is 2.29. The smallest absolute Gasteiger partial charge is 0.317 e. The third-order valence-electron chi connectivity index (χ3n) is 6.11. The lowest BCUT2D eigenvalue weighted by molar-refractivity contribution is 0.127. The van der Waals surface area contributed by atoms with E-state index >= 15 is 0 Å². The predicted octanol–water partition coefficient (Wildman–Crippen LogP) is 1.49. The average molecular weight is 333 g/mol. The second-order valence-corrected chi connectivity index (χ2v) is 7.71. The first-order chi connectivity index (χ1) is 11.7. The number of carbonyl (C=O) groups excluding carboxylic acids is 1. The molecule has 1 aromatic heterocycles. The van der Waals surface area contributed by atoms with Gasteiger partial charge in [-0.05, 0) is 50.4 Å². The van der Waals surface area contributed by atoms with Crippen LogP contribution in [0.4, 0.5) is 4.79 Å². The fraction of sp³-hybridized carbons (Fsp3) is 0.824. The monoisotopic (exact) mass is 333 g/mol. The Hall–Kier alpha value is -1.63. The molecule has 24 heavy (non-hydrogen) atoms. The molecule has 1 saturated heterocycles. The van der Waals surface area contributed by atoms with Gasteiger partial charge < -0.3 is 15.3 Å². The Morgan fingerprint density at radius 3 is 2.67 bits per heavy atom. The van der Waals surface area contributed by atoms with Gasteiger partial charge in [0, 0.05) is 31.5 Å². The van der Waals surface area contributed by atoms with E-state index in [2.05, 4.69) is 20.5 Å². The van der Waals surface area contributed by atoms with Crippen LogP contribution >= 0.6 is 0 Å². The van der Waals surface area contributed by atoms with Crippen LogP contribution in [-0.4, -0.2) is 57.0 Å². The quantitative estimate of drug-likeness (QED) is 0.778. The van der Waals surface area contributed by atoms with E-state index in [1.54, 1.807) is 0 Å². The predicted molar refractivity (Wildman–Crippen MR) is 88.3 cm³/mol. The van der Waals surface area contributed by atoms with E-state index in [-0.39, 0.29) is 24.0 Å². The summed E-state index contributed by atoms with van der Waals surface area (Å²) in [6.07, 6.45) is 7.72. The molecule has 2 saturated carbocycles. The molecule has 1 aromatic rings. The van der Waals surface area contributed by atoms with E-state index in [1.807, 2.05) is 4.90 Å². The van der Waals surface area contributed by atoms with Crippen molar-refractivity contribution in [3.8, 4) is 0 Å². The summed E-state index contributed by atoms with van der Waals surface area (Å²) in [5, 5.41) is 20.1. The molecule has 2 amide bonds. The Bertz CT molecular complexity index is 551. The minimum absolute atomic E-state index is 0.0274. The van der Waals surface area contributed by atoms with Crippen LogP contribution in [0.5, 0.6) is 0 Å². The zero-order valence-electron chi connectivity index (χ0n) is 14.0. The molecule has 7 nitrogen and oxygen atoms in total. The van der Waals surface area contributed by atoms with Crippen LogP contribution in [0, 0.1) is 17.8 Å². The molecular formula is C17H27N5O2. The molecule has 0 unspecified atom stereocenters. The maximum absolute atomic E-state index is 12.4. The lowest BCUT2D eigenvalue weighted by Gasteiger charge is -2.32. The number of amides is 2. The molecule has 132 valence electrons. The maximum atomic E-state index is 12.4. The molecule has 0 radical (unpaired) electrons. The number of likely N-dealkylation sites (tertiary alicyclic amines) is 1. The van der Waals surface area contributed by atoms with Crippen molar-refractivity contribution in [2.24, 2.45) is 17.8 Å². The van der Waals surface area contributed by atoms with E-state index in [0.29, 0.717) is 13.0 Å². The molecule has 2 aliphatic carbocycles.